The lowest BCUT2D eigenvalue weighted by Crippen LogP contribution is -1.89. The number of halogens is 1. The highest BCUT2D eigenvalue weighted by Gasteiger charge is 1.96. The van der Waals surface area contributed by atoms with Crippen molar-refractivity contribution < 1.29 is 4.39 Å². The minimum absolute atomic E-state index is 0.427. The maximum absolute atomic E-state index is 12.6. The van der Waals surface area contributed by atoms with Crippen LogP contribution in [0.2, 0.25) is 0 Å². The van der Waals surface area contributed by atoms with Crippen molar-refractivity contribution in [3.8, 4) is 0 Å². The molecule has 0 N–H and O–H groups in total. The Bertz CT molecular complexity index is 310. The van der Waals surface area contributed by atoms with Gasteiger partial charge in [-0.3, -0.25) is 0 Å². The summed E-state index contributed by atoms with van der Waals surface area (Å²) in [5.41, 5.74) is 1.68. The highest BCUT2D eigenvalue weighted by molar-refractivity contribution is 7.80. The maximum atomic E-state index is 12.6. The molecular formula is C10H12FNS. The van der Waals surface area contributed by atoms with Crippen LogP contribution in [0.1, 0.15) is 17.7 Å². The fourth-order valence-electron chi connectivity index (χ4n) is 1.00. The molecule has 0 amide bonds. The third-order valence-corrected chi connectivity index (χ3v) is 1.94. The van der Waals surface area contributed by atoms with Gasteiger partial charge >= 0.3 is 0 Å². The summed E-state index contributed by atoms with van der Waals surface area (Å²) in [6.07, 6.45) is 4.87. The Labute approximate surface area is 83.1 Å². The van der Waals surface area contributed by atoms with Crippen molar-refractivity contribution in [2.45, 2.75) is 13.3 Å². The van der Waals surface area contributed by atoms with Gasteiger partial charge in [-0.15, -0.1) is 0 Å². The molecule has 0 saturated heterocycles. The van der Waals surface area contributed by atoms with Crippen LogP contribution >= 0.6 is 12.6 Å². The van der Waals surface area contributed by atoms with Gasteiger partial charge in [0, 0.05) is 5.69 Å². The standard InChI is InChI=1S/C10H12FNS/c1-8-9(4-2-3-7-13)5-6-10(11)12-8/h2,4-6,13H,3,7H2,1H3. The number of hydrogen-bond donors (Lipinski definition) is 1. The average molecular weight is 197 g/mol. The number of pyridine rings is 1. The van der Waals surface area contributed by atoms with Gasteiger partial charge in [-0.1, -0.05) is 12.2 Å². The van der Waals surface area contributed by atoms with Gasteiger partial charge < -0.3 is 0 Å². The Hall–Kier alpha value is -0.830. The number of aromatic nitrogens is 1. The third-order valence-electron chi connectivity index (χ3n) is 1.69. The molecule has 0 bridgehead atoms. The van der Waals surface area contributed by atoms with Crippen LogP contribution in [-0.2, 0) is 0 Å². The minimum Gasteiger partial charge on any atom is -0.225 e. The van der Waals surface area contributed by atoms with Crippen molar-refractivity contribution in [1.29, 1.82) is 0 Å². The van der Waals surface area contributed by atoms with E-state index in [1.54, 1.807) is 13.0 Å². The van der Waals surface area contributed by atoms with Crippen LogP contribution in [0.25, 0.3) is 6.08 Å². The molecule has 3 heteroatoms. The van der Waals surface area contributed by atoms with Crippen LogP contribution in [0.15, 0.2) is 18.2 Å². The van der Waals surface area contributed by atoms with E-state index < -0.39 is 5.95 Å². The quantitative estimate of drug-likeness (QED) is 0.580. The molecule has 13 heavy (non-hydrogen) atoms. The second-order valence-electron chi connectivity index (χ2n) is 2.72. The zero-order valence-corrected chi connectivity index (χ0v) is 8.39. The fraction of sp³-hybridized carbons (Fsp3) is 0.300. The predicted octanol–water partition coefficient (Wildman–Crippen LogP) is 2.86. The summed E-state index contributed by atoms with van der Waals surface area (Å²) in [6.45, 7) is 1.80. The number of nitrogens with zero attached hydrogens (tertiary/aromatic N) is 1. The lowest BCUT2D eigenvalue weighted by Gasteiger charge is -1.98. The van der Waals surface area contributed by atoms with Gasteiger partial charge in [-0.25, -0.2) is 4.98 Å². The molecule has 1 rings (SSSR count). The summed E-state index contributed by atoms with van der Waals surface area (Å²) in [5, 5.41) is 0. The number of aryl methyl sites for hydroxylation is 1. The Kier molecular flexibility index (Phi) is 3.96. The smallest absolute Gasteiger partial charge is 0.213 e. The lowest BCUT2D eigenvalue weighted by atomic mass is 10.2. The predicted molar refractivity (Wildman–Crippen MR) is 56.4 cm³/mol. The molecule has 70 valence electrons. The first kappa shape index (κ1) is 10.3. The molecule has 0 aliphatic heterocycles. The van der Waals surface area contributed by atoms with Crippen LogP contribution < -0.4 is 0 Å². The molecule has 0 spiro atoms. The number of thiol groups is 1. The summed E-state index contributed by atoms with van der Waals surface area (Å²) >= 11 is 4.08. The second kappa shape index (κ2) is 5.02. The zero-order valence-electron chi connectivity index (χ0n) is 7.50. The molecular weight excluding hydrogens is 185 g/mol. The van der Waals surface area contributed by atoms with E-state index in [0.717, 1.165) is 23.4 Å². The molecule has 0 saturated carbocycles. The first-order valence-electron chi connectivity index (χ1n) is 4.14. The monoisotopic (exact) mass is 197 g/mol. The van der Waals surface area contributed by atoms with Crippen molar-refractivity contribution >= 4 is 18.7 Å². The molecule has 0 fully saturated rings. The van der Waals surface area contributed by atoms with Crippen molar-refractivity contribution in [2.75, 3.05) is 5.75 Å². The van der Waals surface area contributed by atoms with E-state index in [-0.39, 0.29) is 0 Å². The summed E-state index contributed by atoms with van der Waals surface area (Å²) in [4.78, 5) is 3.72. The second-order valence-corrected chi connectivity index (χ2v) is 3.17. The summed E-state index contributed by atoms with van der Waals surface area (Å²) in [6, 6.07) is 3.10. The Morgan fingerprint density at radius 1 is 1.54 bits per heavy atom. The molecule has 1 aromatic rings. The molecule has 0 aromatic carbocycles. The van der Waals surface area contributed by atoms with Gasteiger partial charge in [-0.05, 0) is 36.8 Å². The van der Waals surface area contributed by atoms with E-state index in [4.69, 9.17) is 0 Å². The topological polar surface area (TPSA) is 12.9 Å². The van der Waals surface area contributed by atoms with Gasteiger partial charge in [0.05, 0.1) is 0 Å². The number of allylic oxidation sites excluding steroid dienone is 1. The molecule has 0 aliphatic carbocycles. The Balaban J connectivity index is 2.77. The fourth-order valence-corrected chi connectivity index (χ4v) is 1.15. The summed E-state index contributed by atoms with van der Waals surface area (Å²) in [5.74, 6) is 0.397. The highest BCUT2D eigenvalue weighted by atomic mass is 32.1. The van der Waals surface area contributed by atoms with Crippen molar-refractivity contribution in [2.24, 2.45) is 0 Å². The minimum atomic E-state index is -0.427. The number of hydrogen-bond acceptors (Lipinski definition) is 2. The first-order chi connectivity index (χ1) is 6.24. The van der Waals surface area contributed by atoms with E-state index in [1.807, 2.05) is 12.2 Å². The highest BCUT2D eigenvalue weighted by Crippen LogP contribution is 2.08. The van der Waals surface area contributed by atoms with Crippen molar-refractivity contribution in [1.82, 2.24) is 4.98 Å². The molecule has 0 radical (unpaired) electrons. The average Bonchev–Trinajstić information content (AvgIpc) is 2.09. The van der Waals surface area contributed by atoms with Crippen LogP contribution in [0, 0.1) is 12.9 Å². The zero-order chi connectivity index (χ0) is 9.68. The van der Waals surface area contributed by atoms with Crippen LogP contribution in [0.5, 0.6) is 0 Å². The lowest BCUT2D eigenvalue weighted by molar-refractivity contribution is 0.580. The summed E-state index contributed by atoms with van der Waals surface area (Å²) in [7, 11) is 0. The SMILES string of the molecule is Cc1nc(F)ccc1C=CCCS. The Morgan fingerprint density at radius 3 is 2.92 bits per heavy atom. The van der Waals surface area contributed by atoms with Gasteiger partial charge in [0.2, 0.25) is 5.95 Å². The van der Waals surface area contributed by atoms with E-state index in [0.29, 0.717) is 0 Å². The molecule has 0 unspecified atom stereocenters. The molecule has 0 atom stereocenters. The Morgan fingerprint density at radius 2 is 2.31 bits per heavy atom. The molecule has 0 aliphatic rings. The van der Waals surface area contributed by atoms with Gasteiger partial charge in [0.25, 0.3) is 0 Å². The van der Waals surface area contributed by atoms with E-state index in [1.165, 1.54) is 6.07 Å². The van der Waals surface area contributed by atoms with Crippen LogP contribution in [0.3, 0.4) is 0 Å². The third kappa shape index (κ3) is 3.19. The van der Waals surface area contributed by atoms with E-state index >= 15 is 0 Å². The molecule has 1 aromatic heterocycles. The van der Waals surface area contributed by atoms with Crippen molar-refractivity contribution in [3.05, 3.63) is 35.4 Å². The van der Waals surface area contributed by atoms with Gasteiger partial charge in [0.15, 0.2) is 0 Å². The molecule has 1 nitrogen and oxygen atoms in total. The van der Waals surface area contributed by atoms with Gasteiger partial charge in [-0.2, -0.15) is 17.0 Å². The largest absolute Gasteiger partial charge is 0.225 e. The van der Waals surface area contributed by atoms with Gasteiger partial charge in [0.1, 0.15) is 0 Å². The van der Waals surface area contributed by atoms with Crippen molar-refractivity contribution in [3.63, 3.8) is 0 Å². The number of rotatable bonds is 3. The normalized spacial score (nSPS) is 11.0. The molecule has 1 heterocycles. The van der Waals surface area contributed by atoms with Crippen LogP contribution in [-0.4, -0.2) is 10.7 Å². The van der Waals surface area contributed by atoms with E-state index in [9.17, 15) is 4.39 Å². The van der Waals surface area contributed by atoms with E-state index in [2.05, 4.69) is 17.6 Å². The van der Waals surface area contributed by atoms with Crippen LogP contribution in [0.4, 0.5) is 4.39 Å². The summed E-state index contributed by atoms with van der Waals surface area (Å²) < 4.78 is 12.6. The first-order valence-corrected chi connectivity index (χ1v) is 4.78. The maximum Gasteiger partial charge on any atom is 0.213 e.